The summed E-state index contributed by atoms with van der Waals surface area (Å²) >= 11 is 0. The minimum atomic E-state index is -0.874. The highest BCUT2D eigenvalue weighted by atomic mass is 16.4. The second-order valence-electron chi connectivity index (χ2n) is 6.37. The summed E-state index contributed by atoms with van der Waals surface area (Å²) in [6.45, 7) is 2.27. The van der Waals surface area contributed by atoms with Crippen LogP contribution in [0.5, 0.6) is 0 Å². The van der Waals surface area contributed by atoms with Crippen molar-refractivity contribution in [2.24, 2.45) is 0 Å². The third-order valence-electron chi connectivity index (χ3n) is 4.29. The van der Waals surface area contributed by atoms with Gasteiger partial charge >= 0.3 is 5.97 Å². The molecule has 3 nitrogen and oxygen atoms in total. The van der Waals surface area contributed by atoms with E-state index in [2.05, 4.69) is 11.9 Å². The van der Waals surface area contributed by atoms with Crippen molar-refractivity contribution < 1.29 is 9.90 Å². The number of nitrogens with one attached hydrogen (secondary N) is 1. The van der Waals surface area contributed by atoms with Crippen LogP contribution in [0.25, 0.3) is 0 Å². The molecule has 1 aromatic rings. The van der Waals surface area contributed by atoms with Crippen molar-refractivity contribution in [3.63, 3.8) is 0 Å². The third kappa shape index (κ3) is 8.91. The molecule has 0 saturated heterocycles. The minimum absolute atomic E-state index is 0.300. The number of carboxylic acids is 1. The van der Waals surface area contributed by atoms with Gasteiger partial charge in [0.15, 0.2) is 0 Å². The second kappa shape index (κ2) is 12.3. The van der Waals surface area contributed by atoms with E-state index in [0.29, 0.717) is 5.69 Å². The molecule has 2 N–H and O–H groups in total. The molecule has 126 valence electrons. The first kappa shape index (κ1) is 18.8. The first-order valence-electron chi connectivity index (χ1n) is 9.14. The maximum atomic E-state index is 10.8. The maximum absolute atomic E-state index is 10.8. The lowest BCUT2D eigenvalue weighted by Gasteiger charge is -2.02. The first-order valence-corrected chi connectivity index (χ1v) is 9.14. The van der Waals surface area contributed by atoms with Gasteiger partial charge in [-0.2, -0.15) is 0 Å². The number of aryl methyl sites for hydroxylation is 1. The number of rotatable bonds is 14. The molecule has 0 saturated carbocycles. The lowest BCUT2D eigenvalue weighted by Crippen LogP contribution is -1.94. The number of aromatic amines is 1. The Kier molecular flexibility index (Phi) is 10.5. The molecule has 0 spiro atoms. The molecular formula is C19H33NO2. The molecule has 22 heavy (non-hydrogen) atoms. The van der Waals surface area contributed by atoms with Gasteiger partial charge in [0.05, 0.1) is 0 Å². The molecule has 0 atom stereocenters. The fourth-order valence-electron chi connectivity index (χ4n) is 2.88. The van der Waals surface area contributed by atoms with E-state index in [0.717, 1.165) is 18.4 Å². The van der Waals surface area contributed by atoms with Crippen LogP contribution in [0.3, 0.4) is 0 Å². The number of hydrogen-bond acceptors (Lipinski definition) is 1. The molecular weight excluding hydrogens is 274 g/mol. The Bertz CT molecular complexity index is 398. The summed E-state index contributed by atoms with van der Waals surface area (Å²) < 4.78 is 0. The summed E-state index contributed by atoms with van der Waals surface area (Å²) in [5, 5.41) is 8.84. The fraction of sp³-hybridized carbons (Fsp3) is 0.737. The van der Waals surface area contributed by atoms with Crippen molar-refractivity contribution in [2.45, 2.75) is 90.4 Å². The number of H-pyrrole nitrogens is 1. The quantitative estimate of drug-likeness (QED) is 0.417. The maximum Gasteiger partial charge on any atom is 0.352 e. The molecule has 0 aliphatic heterocycles. The molecule has 0 radical (unpaired) electrons. The van der Waals surface area contributed by atoms with Crippen molar-refractivity contribution in [3.05, 3.63) is 23.5 Å². The van der Waals surface area contributed by atoms with Gasteiger partial charge in [0.25, 0.3) is 0 Å². The molecule has 1 aromatic heterocycles. The topological polar surface area (TPSA) is 53.1 Å². The van der Waals surface area contributed by atoms with Gasteiger partial charge in [-0.3, -0.25) is 0 Å². The normalized spacial score (nSPS) is 11.0. The Morgan fingerprint density at radius 1 is 0.909 bits per heavy atom. The molecule has 0 aromatic carbocycles. The summed E-state index contributed by atoms with van der Waals surface area (Å²) in [5.41, 5.74) is 1.42. The Hall–Kier alpha value is -1.25. The highest BCUT2D eigenvalue weighted by Crippen LogP contribution is 2.13. The lowest BCUT2D eigenvalue weighted by molar-refractivity contribution is 0.0691. The second-order valence-corrected chi connectivity index (χ2v) is 6.37. The summed E-state index contributed by atoms with van der Waals surface area (Å²) in [6.07, 6.45) is 19.0. The van der Waals surface area contributed by atoms with Crippen LogP contribution in [-0.4, -0.2) is 16.1 Å². The number of aromatic nitrogens is 1. The van der Waals surface area contributed by atoms with Crippen molar-refractivity contribution in [1.82, 2.24) is 4.98 Å². The van der Waals surface area contributed by atoms with Crippen LogP contribution >= 0.6 is 0 Å². The zero-order valence-electron chi connectivity index (χ0n) is 14.2. The Labute approximate surface area is 135 Å². The summed E-state index contributed by atoms with van der Waals surface area (Å²) in [5.74, 6) is -0.874. The van der Waals surface area contributed by atoms with E-state index in [4.69, 9.17) is 5.11 Å². The van der Waals surface area contributed by atoms with Gasteiger partial charge in [0.2, 0.25) is 0 Å². The van der Waals surface area contributed by atoms with E-state index in [-0.39, 0.29) is 0 Å². The SMILES string of the molecule is CCCCCCCCCCCCCCc1c[nH]c(C(=O)O)c1. The zero-order valence-corrected chi connectivity index (χ0v) is 14.2. The number of hydrogen-bond donors (Lipinski definition) is 2. The van der Waals surface area contributed by atoms with Gasteiger partial charge in [-0.15, -0.1) is 0 Å². The van der Waals surface area contributed by atoms with Gasteiger partial charge in [-0.25, -0.2) is 4.79 Å². The van der Waals surface area contributed by atoms with Gasteiger partial charge in [-0.1, -0.05) is 77.6 Å². The third-order valence-corrected chi connectivity index (χ3v) is 4.29. The molecule has 1 rings (SSSR count). The van der Waals surface area contributed by atoms with Crippen LogP contribution < -0.4 is 0 Å². The Balaban J connectivity index is 1.86. The number of unbranched alkanes of at least 4 members (excludes halogenated alkanes) is 11. The van der Waals surface area contributed by atoms with E-state index < -0.39 is 5.97 Å². The monoisotopic (exact) mass is 307 g/mol. The van der Waals surface area contributed by atoms with Gasteiger partial charge < -0.3 is 10.1 Å². The molecule has 0 aliphatic rings. The summed E-state index contributed by atoms with van der Waals surface area (Å²) in [6, 6.07) is 1.75. The predicted molar refractivity (Wildman–Crippen MR) is 92.5 cm³/mol. The van der Waals surface area contributed by atoms with Crippen molar-refractivity contribution in [3.8, 4) is 0 Å². The molecule has 0 bridgehead atoms. The molecule has 0 unspecified atom stereocenters. The van der Waals surface area contributed by atoms with E-state index in [1.807, 2.05) is 6.20 Å². The Morgan fingerprint density at radius 2 is 1.41 bits per heavy atom. The zero-order chi connectivity index (χ0) is 16.0. The average Bonchev–Trinajstić information content (AvgIpc) is 2.97. The van der Waals surface area contributed by atoms with E-state index in [1.54, 1.807) is 6.07 Å². The Morgan fingerprint density at radius 3 is 1.86 bits per heavy atom. The highest BCUT2D eigenvalue weighted by Gasteiger charge is 2.05. The number of aromatic carboxylic acids is 1. The van der Waals surface area contributed by atoms with Gasteiger partial charge in [0.1, 0.15) is 5.69 Å². The minimum Gasteiger partial charge on any atom is -0.477 e. The van der Waals surface area contributed by atoms with E-state index in [1.165, 1.54) is 70.6 Å². The van der Waals surface area contributed by atoms with Crippen molar-refractivity contribution >= 4 is 5.97 Å². The van der Waals surface area contributed by atoms with E-state index >= 15 is 0 Å². The van der Waals surface area contributed by atoms with Crippen LogP contribution in [0.1, 0.15) is 100 Å². The molecule has 3 heteroatoms. The van der Waals surface area contributed by atoms with Crippen LogP contribution in [0.4, 0.5) is 0 Å². The molecule has 1 heterocycles. The highest BCUT2D eigenvalue weighted by molar-refractivity contribution is 5.85. The van der Waals surface area contributed by atoms with Gasteiger partial charge in [0, 0.05) is 6.20 Å². The van der Waals surface area contributed by atoms with E-state index in [9.17, 15) is 4.79 Å². The summed E-state index contributed by atoms with van der Waals surface area (Å²) in [4.78, 5) is 13.6. The predicted octanol–water partition coefficient (Wildman–Crippen LogP) is 5.96. The fourth-order valence-corrected chi connectivity index (χ4v) is 2.88. The summed E-state index contributed by atoms with van der Waals surface area (Å²) in [7, 11) is 0. The van der Waals surface area contributed by atoms with Gasteiger partial charge in [-0.05, 0) is 24.5 Å². The van der Waals surface area contributed by atoms with Crippen molar-refractivity contribution in [1.29, 1.82) is 0 Å². The standard InChI is InChI=1S/C19H33NO2/c1-2-3-4-5-6-7-8-9-10-11-12-13-14-17-15-18(19(21)22)20-16-17/h15-16,20H,2-14H2,1H3,(H,21,22). The molecule has 0 amide bonds. The molecule has 0 aliphatic carbocycles. The van der Waals surface area contributed by atoms with Crippen LogP contribution in [-0.2, 0) is 6.42 Å². The van der Waals surface area contributed by atoms with Crippen molar-refractivity contribution in [2.75, 3.05) is 0 Å². The lowest BCUT2D eigenvalue weighted by atomic mass is 10.0. The van der Waals surface area contributed by atoms with Crippen LogP contribution in [0.2, 0.25) is 0 Å². The van der Waals surface area contributed by atoms with Crippen LogP contribution in [0.15, 0.2) is 12.3 Å². The number of carbonyl (C=O) groups is 1. The first-order chi connectivity index (χ1) is 10.7. The number of carboxylic acid groups (broad SMARTS) is 1. The smallest absolute Gasteiger partial charge is 0.352 e. The molecule has 0 fully saturated rings. The average molecular weight is 307 g/mol. The van der Waals surface area contributed by atoms with Crippen LogP contribution in [0, 0.1) is 0 Å². The largest absolute Gasteiger partial charge is 0.477 e.